The average Bonchev–Trinajstić information content (AvgIpc) is 3.24. The number of rotatable bonds is 8. The van der Waals surface area contributed by atoms with Crippen molar-refractivity contribution < 1.29 is 18.4 Å². The number of nitro groups is 1. The van der Waals surface area contributed by atoms with Gasteiger partial charge < -0.3 is 24.8 Å². The van der Waals surface area contributed by atoms with Crippen molar-refractivity contribution in [3.8, 4) is 11.3 Å². The SMILES string of the molecule is COC1C=C(N(C)CCN(C)C)C([N+](=O)[O-])=CC1(N)c1nccc(-c2c3n(c4ccccc24)CC(F)(F)CC3)n1. The number of nitrogens with zero attached hydrogens (tertiary/aromatic N) is 6. The number of methoxy groups -OCH3 is 1. The molecule has 10 nitrogen and oxygen atoms in total. The van der Waals surface area contributed by atoms with Gasteiger partial charge in [0, 0.05) is 68.1 Å². The first-order valence-electron chi connectivity index (χ1n) is 13.0. The lowest BCUT2D eigenvalue weighted by Gasteiger charge is -2.35. The van der Waals surface area contributed by atoms with Crippen LogP contribution in [-0.2, 0) is 23.2 Å². The zero-order valence-corrected chi connectivity index (χ0v) is 23.0. The number of benzene rings is 1. The highest BCUT2D eigenvalue weighted by Crippen LogP contribution is 2.41. The molecule has 0 bridgehead atoms. The number of hydrogen-bond donors (Lipinski definition) is 1. The molecule has 12 heteroatoms. The van der Waals surface area contributed by atoms with Crippen LogP contribution in [0, 0.1) is 10.1 Å². The summed E-state index contributed by atoms with van der Waals surface area (Å²) in [6, 6.07) is 9.09. The van der Waals surface area contributed by atoms with Gasteiger partial charge in [0.25, 0.3) is 11.6 Å². The Kier molecular flexibility index (Phi) is 7.19. The Morgan fingerprint density at radius 1 is 1.23 bits per heavy atom. The number of likely N-dealkylation sites (N-methyl/N-ethyl adjacent to an activating group) is 2. The molecule has 0 fully saturated rings. The number of para-hydroxylation sites is 1. The molecular formula is C28H33F2N7O3. The second-order valence-corrected chi connectivity index (χ2v) is 10.7. The molecule has 1 aromatic carbocycles. The molecular weight excluding hydrogens is 520 g/mol. The van der Waals surface area contributed by atoms with Crippen LogP contribution in [0.15, 0.2) is 60.1 Å². The Morgan fingerprint density at radius 2 is 1.98 bits per heavy atom. The number of fused-ring (bicyclic) bond motifs is 3. The number of ether oxygens (including phenoxy) is 1. The van der Waals surface area contributed by atoms with Gasteiger partial charge in [-0.3, -0.25) is 10.1 Å². The van der Waals surface area contributed by atoms with Crippen molar-refractivity contribution in [3.05, 3.63) is 81.7 Å². The summed E-state index contributed by atoms with van der Waals surface area (Å²) in [7, 11) is 7.12. The molecule has 2 N–H and O–H groups in total. The fourth-order valence-corrected chi connectivity index (χ4v) is 5.54. The highest BCUT2D eigenvalue weighted by molar-refractivity contribution is 5.97. The van der Waals surface area contributed by atoms with E-state index in [4.69, 9.17) is 15.5 Å². The Morgan fingerprint density at radius 3 is 2.67 bits per heavy atom. The van der Waals surface area contributed by atoms with Gasteiger partial charge in [0.05, 0.1) is 17.2 Å². The Labute approximate surface area is 230 Å². The fourth-order valence-electron chi connectivity index (χ4n) is 5.54. The molecule has 3 aromatic rings. The quantitative estimate of drug-likeness (QED) is 0.333. The summed E-state index contributed by atoms with van der Waals surface area (Å²) in [5.74, 6) is -2.67. The molecule has 0 amide bonds. The minimum Gasteiger partial charge on any atom is -0.375 e. The molecule has 2 aromatic heterocycles. The molecule has 2 atom stereocenters. The van der Waals surface area contributed by atoms with E-state index in [2.05, 4.69) is 4.98 Å². The molecule has 40 heavy (non-hydrogen) atoms. The van der Waals surface area contributed by atoms with Crippen molar-refractivity contribution >= 4 is 10.9 Å². The predicted molar refractivity (Wildman–Crippen MR) is 147 cm³/mol. The van der Waals surface area contributed by atoms with Crippen LogP contribution in [0.1, 0.15) is 17.9 Å². The van der Waals surface area contributed by atoms with Gasteiger partial charge in [-0.2, -0.15) is 0 Å². The van der Waals surface area contributed by atoms with Crippen molar-refractivity contribution in [1.29, 1.82) is 0 Å². The molecule has 0 saturated carbocycles. The van der Waals surface area contributed by atoms with Crippen molar-refractivity contribution in [2.24, 2.45) is 5.73 Å². The summed E-state index contributed by atoms with van der Waals surface area (Å²) in [6.45, 7) is 0.838. The van der Waals surface area contributed by atoms with E-state index in [1.165, 1.54) is 19.4 Å². The third-order valence-electron chi connectivity index (χ3n) is 7.66. The van der Waals surface area contributed by atoms with E-state index in [-0.39, 0.29) is 24.4 Å². The van der Waals surface area contributed by atoms with E-state index < -0.39 is 29.0 Å². The van der Waals surface area contributed by atoms with Gasteiger partial charge in [-0.1, -0.05) is 18.2 Å². The fraction of sp³-hybridized carbons (Fsp3) is 0.429. The maximum absolute atomic E-state index is 14.4. The van der Waals surface area contributed by atoms with Crippen molar-refractivity contribution in [3.63, 3.8) is 0 Å². The second kappa shape index (κ2) is 10.3. The summed E-state index contributed by atoms with van der Waals surface area (Å²) >= 11 is 0. The second-order valence-electron chi connectivity index (χ2n) is 10.7. The summed E-state index contributed by atoms with van der Waals surface area (Å²) < 4.78 is 36.2. The molecule has 1 aliphatic carbocycles. The first-order valence-corrected chi connectivity index (χ1v) is 13.0. The summed E-state index contributed by atoms with van der Waals surface area (Å²) in [4.78, 5) is 24.7. The lowest BCUT2D eigenvalue weighted by molar-refractivity contribution is -0.423. The number of aromatic nitrogens is 3. The molecule has 0 spiro atoms. The smallest absolute Gasteiger partial charge is 0.290 e. The molecule has 212 valence electrons. The molecule has 0 saturated heterocycles. The van der Waals surface area contributed by atoms with Crippen LogP contribution in [0.2, 0.25) is 0 Å². The van der Waals surface area contributed by atoms with E-state index >= 15 is 0 Å². The summed E-state index contributed by atoms with van der Waals surface area (Å²) in [5.41, 5.74) is 8.23. The predicted octanol–water partition coefficient (Wildman–Crippen LogP) is 3.40. The lowest BCUT2D eigenvalue weighted by atomic mass is 9.85. The van der Waals surface area contributed by atoms with E-state index in [0.717, 1.165) is 16.6 Å². The highest BCUT2D eigenvalue weighted by atomic mass is 19.3. The summed E-state index contributed by atoms with van der Waals surface area (Å²) in [6.07, 6.45) is 3.66. The van der Waals surface area contributed by atoms with Crippen LogP contribution >= 0.6 is 0 Å². The lowest BCUT2D eigenvalue weighted by Crippen LogP contribution is -2.51. The van der Waals surface area contributed by atoms with Crippen molar-refractivity contribution in [2.75, 3.05) is 41.3 Å². The number of alkyl halides is 2. The van der Waals surface area contributed by atoms with Crippen LogP contribution in [0.3, 0.4) is 0 Å². The van der Waals surface area contributed by atoms with Crippen LogP contribution < -0.4 is 5.73 Å². The van der Waals surface area contributed by atoms with Crippen molar-refractivity contribution in [1.82, 2.24) is 24.3 Å². The van der Waals surface area contributed by atoms with Gasteiger partial charge in [0.15, 0.2) is 5.82 Å². The average molecular weight is 554 g/mol. The normalized spacial score (nSPS) is 22.1. The standard InChI is InChI=1S/C28H33F2N7O3/c1-34(2)13-14-35(3)22-15-24(40-4)28(31,16-23(22)37(38)39)26-32-12-10-19(33-26)25-18-7-5-6-8-20(18)36-17-27(29,30)11-9-21(25)36/h5-8,10,12,15-16,24H,9,11,13-14,17,31H2,1-4H3. The molecule has 1 aliphatic heterocycles. The third-order valence-corrected chi connectivity index (χ3v) is 7.66. The Bertz CT molecular complexity index is 1520. The Balaban J connectivity index is 1.61. The van der Waals surface area contributed by atoms with Crippen LogP contribution in [0.4, 0.5) is 8.78 Å². The minimum absolute atomic E-state index is 0.132. The number of halogens is 2. The molecule has 2 aliphatic rings. The minimum atomic E-state index is -2.80. The van der Waals surface area contributed by atoms with E-state index in [1.54, 1.807) is 28.7 Å². The topological polar surface area (TPSA) is 116 Å². The van der Waals surface area contributed by atoms with Gasteiger partial charge in [-0.15, -0.1) is 0 Å². The largest absolute Gasteiger partial charge is 0.375 e. The van der Waals surface area contributed by atoms with Crippen LogP contribution in [-0.4, -0.2) is 82.6 Å². The Hall–Kier alpha value is -3.74. The molecule has 5 rings (SSSR count). The highest BCUT2D eigenvalue weighted by Gasteiger charge is 2.45. The first kappa shape index (κ1) is 27.8. The van der Waals surface area contributed by atoms with E-state index in [1.807, 2.05) is 43.3 Å². The van der Waals surface area contributed by atoms with Gasteiger partial charge >= 0.3 is 0 Å². The van der Waals surface area contributed by atoms with E-state index in [0.29, 0.717) is 30.0 Å². The van der Waals surface area contributed by atoms with Crippen LogP contribution in [0.25, 0.3) is 22.2 Å². The number of nitrogens with two attached hydrogens (primary N) is 1. The van der Waals surface area contributed by atoms with Gasteiger partial charge in [0.1, 0.15) is 17.3 Å². The first-order chi connectivity index (χ1) is 18.9. The number of hydrogen-bond acceptors (Lipinski definition) is 8. The zero-order valence-electron chi connectivity index (χ0n) is 23.0. The zero-order chi connectivity index (χ0) is 28.8. The molecule has 3 heterocycles. The maximum atomic E-state index is 14.4. The van der Waals surface area contributed by atoms with Gasteiger partial charge in [-0.25, -0.2) is 18.7 Å². The maximum Gasteiger partial charge on any atom is 0.290 e. The van der Waals surface area contributed by atoms with E-state index in [9.17, 15) is 18.9 Å². The third kappa shape index (κ3) is 4.87. The molecule has 0 radical (unpaired) electrons. The summed E-state index contributed by atoms with van der Waals surface area (Å²) in [5, 5.41) is 13.0. The molecule has 2 unspecified atom stereocenters. The van der Waals surface area contributed by atoms with Gasteiger partial charge in [-0.05, 0) is 38.7 Å². The van der Waals surface area contributed by atoms with Crippen LogP contribution in [0.5, 0.6) is 0 Å². The monoisotopic (exact) mass is 553 g/mol. The van der Waals surface area contributed by atoms with Gasteiger partial charge in [0.2, 0.25) is 0 Å². The van der Waals surface area contributed by atoms with Crippen molar-refractivity contribution in [2.45, 2.75) is 37.0 Å².